The Balaban J connectivity index is 0.00000204. The van der Waals surface area contributed by atoms with Crippen LogP contribution in [0, 0.1) is 20.8 Å². The minimum atomic E-state index is -0.919. The van der Waals surface area contributed by atoms with Crippen molar-refractivity contribution in [2.75, 3.05) is 6.61 Å². The van der Waals surface area contributed by atoms with Crippen LogP contribution in [0.3, 0.4) is 0 Å². The third-order valence-electron chi connectivity index (χ3n) is 4.80. The van der Waals surface area contributed by atoms with E-state index in [1.807, 2.05) is 63.2 Å². The minimum absolute atomic E-state index is 0.185. The number of ketones is 1. The van der Waals surface area contributed by atoms with Crippen molar-refractivity contribution in [1.29, 1.82) is 0 Å². The number of esters is 1. The molecule has 0 heterocycles. The SMILES string of the molecule is CCCCCCOC(=O)C(C(=O)c1c(C)cc(C)cc1C)c1ccccc1.O=[PH2+]. The van der Waals surface area contributed by atoms with Crippen molar-refractivity contribution in [2.24, 2.45) is 0 Å². The molecule has 2 atom stereocenters. The van der Waals surface area contributed by atoms with E-state index < -0.39 is 11.9 Å². The molecular weight excluding hydrogens is 383 g/mol. The van der Waals surface area contributed by atoms with Crippen molar-refractivity contribution >= 4 is 20.9 Å². The number of ether oxygens (including phenoxy) is 1. The zero-order chi connectivity index (χ0) is 21.8. The van der Waals surface area contributed by atoms with Crippen LogP contribution in [0.2, 0.25) is 0 Å². The molecule has 0 amide bonds. The number of carbonyl (C=O) groups excluding carboxylic acids is 2. The number of hydrogen-bond donors (Lipinski definition) is 0. The standard InChI is InChI=1S/C24H30O3.H2OP/c1-5-6-7-11-14-27-24(26)22(20-12-9-8-10-13-20)23(25)21-18(3)15-17(2)16-19(21)4;1-2/h8-10,12-13,15-16,22H,5-7,11,14H2,1-4H3;2H2/q;+1. The smallest absolute Gasteiger partial charge is 0.321 e. The summed E-state index contributed by atoms with van der Waals surface area (Å²) in [4.78, 5) is 26.2. The van der Waals surface area contributed by atoms with Gasteiger partial charge in [-0.1, -0.05) is 78.8 Å². The van der Waals surface area contributed by atoms with E-state index in [0.29, 0.717) is 17.7 Å². The molecular formula is C24H32O4P+. The van der Waals surface area contributed by atoms with E-state index in [1.165, 1.54) is 9.12 Å². The molecule has 0 bridgehead atoms. The third kappa shape index (κ3) is 7.21. The van der Waals surface area contributed by atoms with Gasteiger partial charge in [-0.05, 0) is 43.9 Å². The first-order valence-corrected chi connectivity index (χ1v) is 10.5. The molecule has 0 aromatic heterocycles. The molecule has 2 rings (SSSR count). The molecule has 4 nitrogen and oxygen atoms in total. The van der Waals surface area contributed by atoms with Gasteiger partial charge < -0.3 is 4.74 Å². The van der Waals surface area contributed by atoms with Gasteiger partial charge in [0.2, 0.25) is 0 Å². The maximum Gasteiger partial charge on any atom is 0.321 e. The van der Waals surface area contributed by atoms with Crippen LogP contribution in [0.4, 0.5) is 0 Å². The lowest BCUT2D eigenvalue weighted by atomic mass is 9.86. The summed E-state index contributed by atoms with van der Waals surface area (Å²) in [6.45, 7) is 8.36. The summed E-state index contributed by atoms with van der Waals surface area (Å²) >= 11 is 0. The second-order valence-corrected chi connectivity index (χ2v) is 7.21. The molecule has 29 heavy (non-hydrogen) atoms. The average molecular weight is 415 g/mol. The summed E-state index contributed by atoms with van der Waals surface area (Å²) in [5.74, 6) is -1.56. The van der Waals surface area contributed by atoms with Crippen LogP contribution in [0.25, 0.3) is 0 Å². The molecule has 0 aliphatic carbocycles. The first-order valence-electron chi connectivity index (χ1n) is 10.0. The van der Waals surface area contributed by atoms with Crippen molar-refractivity contribution < 1.29 is 18.9 Å². The van der Waals surface area contributed by atoms with Gasteiger partial charge in [0.25, 0.3) is 0 Å². The van der Waals surface area contributed by atoms with Crippen molar-refractivity contribution in [2.45, 2.75) is 59.3 Å². The van der Waals surface area contributed by atoms with Crippen molar-refractivity contribution in [3.63, 3.8) is 0 Å². The van der Waals surface area contributed by atoms with Gasteiger partial charge in [-0.25, -0.2) is 0 Å². The number of carbonyl (C=O) groups is 2. The number of rotatable bonds is 9. The van der Waals surface area contributed by atoms with Crippen LogP contribution in [-0.2, 0) is 14.1 Å². The maximum atomic E-state index is 13.4. The highest BCUT2D eigenvalue weighted by Gasteiger charge is 2.32. The van der Waals surface area contributed by atoms with E-state index in [4.69, 9.17) is 9.30 Å². The average Bonchev–Trinajstić information content (AvgIpc) is 2.69. The molecule has 0 fully saturated rings. The Bertz CT molecular complexity index is 779. The van der Waals surface area contributed by atoms with Gasteiger partial charge in [-0.2, -0.15) is 0 Å². The lowest BCUT2D eigenvalue weighted by Crippen LogP contribution is -2.26. The van der Waals surface area contributed by atoms with Crippen LogP contribution < -0.4 is 0 Å². The predicted octanol–water partition coefficient (Wildman–Crippen LogP) is 5.91. The molecule has 0 saturated heterocycles. The van der Waals surface area contributed by atoms with Crippen LogP contribution in [-0.4, -0.2) is 18.4 Å². The second-order valence-electron chi connectivity index (χ2n) is 7.21. The highest BCUT2D eigenvalue weighted by molar-refractivity contribution is 7.00. The predicted molar refractivity (Wildman–Crippen MR) is 120 cm³/mol. The maximum absolute atomic E-state index is 13.4. The van der Waals surface area contributed by atoms with Crippen molar-refractivity contribution in [3.05, 3.63) is 70.3 Å². The molecule has 0 spiro atoms. The Kier molecular flexibility index (Phi) is 11.1. The number of hydrogen-bond acceptors (Lipinski definition) is 4. The molecule has 2 aromatic carbocycles. The molecule has 0 radical (unpaired) electrons. The largest absolute Gasteiger partial charge is 0.465 e. The summed E-state index contributed by atoms with van der Waals surface area (Å²) in [5, 5.41) is 0. The van der Waals surface area contributed by atoms with E-state index in [9.17, 15) is 9.59 Å². The Morgan fingerprint density at radius 3 is 2.07 bits per heavy atom. The monoisotopic (exact) mass is 415 g/mol. The quantitative estimate of drug-likeness (QED) is 0.168. The van der Waals surface area contributed by atoms with Gasteiger partial charge in [0, 0.05) is 5.56 Å². The second kappa shape index (κ2) is 13.0. The molecule has 0 saturated carbocycles. The fourth-order valence-corrected chi connectivity index (χ4v) is 3.54. The van der Waals surface area contributed by atoms with E-state index in [-0.39, 0.29) is 5.78 Å². The zero-order valence-electron chi connectivity index (χ0n) is 17.9. The number of unbranched alkanes of at least 4 members (excludes halogenated alkanes) is 3. The van der Waals surface area contributed by atoms with Gasteiger partial charge in [-0.15, -0.1) is 0 Å². The Morgan fingerprint density at radius 1 is 0.931 bits per heavy atom. The molecule has 0 aliphatic heterocycles. The topological polar surface area (TPSA) is 60.4 Å². The Morgan fingerprint density at radius 2 is 1.52 bits per heavy atom. The van der Waals surface area contributed by atoms with Crippen molar-refractivity contribution in [1.82, 2.24) is 0 Å². The van der Waals surface area contributed by atoms with Crippen LogP contribution in [0.5, 0.6) is 0 Å². The number of Topliss-reactive ketones (excluding diaryl/α,β-unsaturated/α-hetero) is 1. The van der Waals surface area contributed by atoms with Crippen LogP contribution in [0.1, 0.15) is 71.1 Å². The van der Waals surface area contributed by atoms with Gasteiger partial charge in [0.15, 0.2) is 5.78 Å². The molecule has 5 heteroatoms. The summed E-state index contributed by atoms with van der Waals surface area (Å²) in [7, 11) is 1.17. The molecule has 0 N–H and O–H groups in total. The van der Waals surface area contributed by atoms with Gasteiger partial charge in [0.1, 0.15) is 5.92 Å². The first kappa shape index (κ1) is 24.7. The number of benzene rings is 2. The summed E-state index contributed by atoms with van der Waals surface area (Å²) in [6.07, 6.45) is 4.12. The molecule has 156 valence electrons. The van der Waals surface area contributed by atoms with E-state index in [1.54, 1.807) is 0 Å². The third-order valence-corrected chi connectivity index (χ3v) is 4.80. The lowest BCUT2D eigenvalue weighted by Gasteiger charge is -2.18. The van der Waals surface area contributed by atoms with Crippen LogP contribution in [0.15, 0.2) is 42.5 Å². The molecule has 0 aliphatic rings. The number of aryl methyl sites for hydroxylation is 3. The molecule has 2 aromatic rings. The normalized spacial score (nSPS) is 11.2. The summed E-state index contributed by atoms with van der Waals surface area (Å²) < 4.78 is 13.7. The first-order chi connectivity index (χ1) is 14.0. The van der Waals surface area contributed by atoms with Gasteiger partial charge in [0.05, 0.1) is 6.61 Å². The zero-order valence-corrected chi connectivity index (χ0v) is 19.0. The van der Waals surface area contributed by atoms with Crippen molar-refractivity contribution in [3.8, 4) is 0 Å². The fourth-order valence-electron chi connectivity index (χ4n) is 3.54. The van der Waals surface area contributed by atoms with E-state index >= 15 is 0 Å². The summed E-state index contributed by atoms with van der Waals surface area (Å²) in [6, 6.07) is 13.2. The van der Waals surface area contributed by atoms with E-state index in [2.05, 4.69) is 6.92 Å². The van der Waals surface area contributed by atoms with Crippen LogP contribution >= 0.6 is 9.12 Å². The minimum Gasteiger partial charge on any atom is -0.465 e. The fraction of sp³-hybridized carbons (Fsp3) is 0.417. The highest BCUT2D eigenvalue weighted by atomic mass is 31.0. The molecule has 2 unspecified atom stereocenters. The summed E-state index contributed by atoms with van der Waals surface area (Å²) in [5.41, 5.74) is 4.21. The van der Waals surface area contributed by atoms with E-state index in [0.717, 1.165) is 42.4 Å². The highest BCUT2D eigenvalue weighted by Crippen LogP contribution is 2.27. The Hall–Kier alpha value is -2.32. The lowest BCUT2D eigenvalue weighted by molar-refractivity contribution is -0.144. The van der Waals surface area contributed by atoms with Gasteiger partial charge in [-0.3, -0.25) is 9.59 Å². The Labute approximate surface area is 176 Å². The van der Waals surface area contributed by atoms with Gasteiger partial charge >= 0.3 is 15.1 Å².